The minimum absolute atomic E-state index is 0.222. The zero-order chi connectivity index (χ0) is 22.8. The maximum atomic E-state index is 8.36. The number of benzene rings is 1. The third-order valence-electron chi connectivity index (χ3n) is 5.06. The quantitative estimate of drug-likeness (QED) is 0.639. The first-order chi connectivity index (χ1) is 14.6. The van der Waals surface area contributed by atoms with Gasteiger partial charge in [-0.25, -0.2) is 9.97 Å². The molecule has 2 aromatic heterocycles. The monoisotopic (exact) mass is 423 g/mol. The molecule has 0 saturated heterocycles. The minimum Gasteiger partial charge on any atom is -0.488 e. The summed E-state index contributed by atoms with van der Waals surface area (Å²) in [6.45, 7) is 11.7. The molecular weight excluding hydrogens is 394 g/mol. The minimum atomic E-state index is -0.250. The van der Waals surface area contributed by atoms with Crippen LogP contribution in [0.15, 0.2) is 30.7 Å². The van der Waals surface area contributed by atoms with Crippen molar-refractivity contribution >= 4 is 12.3 Å². The molecule has 0 fully saturated rings. The first-order valence-corrected chi connectivity index (χ1v) is 10.1. The standard InChI is InChI=1S/C22H27N5O.CH2O2/c1-14-9-17(28-22(3,4)5)7-8-18(14)20-15(2)23-13-24-21(20)27-11-16-10-25-26(6)19(16)12-27;2-1-3/h7-10,13H,11-12H2,1-6H3;1H,(H,2,3). The Labute approximate surface area is 182 Å². The number of rotatable bonds is 3. The molecule has 3 heterocycles. The second kappa shape index (κ2) is 8.75. The number of anilines is 1. The van der Waals surface area contributed by atoms with E-state index in [9.17, 15) is 0 Å². The Kier molecular flexibility index (Phi) is 6.29. The van der Waals surface area contributed by atoms with Gasteiger partial charge in [-0.05, 0) is 57.9 Å². The van der Waals surface area contributed by atoms with Crippen molar-refractivity contribution in [1.29, 1.82) is 0 Å². The van der Waals surface area contributed by atoms with Crippen molar-refractivity contribution in [2.75, 3.05) is 4.90 Å². The summed E-state index contributed by atoms with van der Waals surface area (Å²) < 4.78 is 7.98. The number of fused-ring (bicyclic) bond motifs is 1. The molecule has 4 rings (SSSR count). The van der Waals surface area contributed by atoms with E-state index in [1.165, 1.54) is 11.3 Å². The average Bonchev–Trinajstić information content (AvgIpc) is 3.24. The molecule has 0 unspecified atom stereocenters. The molecule has 0 bridgehead atoms. The Morgan fingerprint density at radius 2 is 1.87 bits per heavy atom. The molecular formula is C23H29N5O3. The van der Waals surface area contributed by atoms with Crippen molar-refractivity contribution in [2.45, 2.75) is 53.3 Å². The van der Waals surface area contributed by atoms with E-state index in [0.717, 1.165) is 47.0 Å². The van der Waals surface area contributed by atoms with Gasteiger partial charge in [0.05, 0.1) is 24.1 Å². The van der Waals surface area contributed by atoms with Crippen molar-refractivity contribution in [2.24, 2.45) is 7.05 Å². The van der Waals surface area contributed by atoms with Crippen LogP contribution in [0.25, 0.3) is 11.1 Å². The maximum Gasteiger partial charge on any atom is 0.290 e. The SMILES string of the molecule is Cc1cc(OC(C)(C)C)ccc1-c1c(C)ncnc1N1Cc2cnn(C)c2C1.O=CO. The molecule has 0 aliphatic carbocycles. The molecule has 31 heavy (non-hydrogen) atoms. The summed E-state index contributed by atoms with van der Waals surface area (Å²) in [7, 11) is 1.99. The van der Waals surface area contributed by atoms with Crippen molar-refractivity contribution in [3.05, 3.63) is 53.2 Å². The van der Waals surface area contributed by atoms with Crippen molar-refractivity contribution in [1.82, 2.24) is 19.7 Å². The maximum absolute atomic E-state index is 8.36. The summed E-state index contributed by atoms with van der Waals surface area (Å²) in [4.78, 5) is 19.8. The van der Waals surface area contributed by atoms with E-state index in [1.54, 1.807) is 6.33 Å². The number of hydrogen-bond donors (Lipinski definition) is 1. The second-order valence-corrected chi connectivity index (χ2v) is 8.55. The molecule has 0 radical (unpaired) electrons. The van der Waals surface area contributed by atoms with Gasteiger partial charge in [0.15, 0.2) is 0 Å². The Bertz CT molecular complexity index is 1090. The highest BCUT2D eigenvalue weighted by Gasteiger charge is 2.27. The Hall–Kier alpha value is -3.42. The lowest BCUT2D eigenvalue weighted by molar-refractivity contribution is -0.122. The first-order valence-electron chi connectivity index (χ1n) is 10.1. The van der Waals surface area contributed by atoms with Gasteiger partial charge in [-0.15, -0.1) is 0 Å². The van der Waals surface area contributed by atoms with Gasteiger partial charge in [-0.3, -0.25) is 9.48 Å². The number of aryl methyl sites for hydroxylation is 3. The highest BCUT2D eigenvalue weighted by molar-refractivity contribution is 5.80. The summed E-state index contributed by atoms with van der Waals surface area (Å²) in [5.74, 6) is 1.85. The third kappa shape index (κ3) is 4.84. The molecule has 8 nitrogen and oxygen atoms in total. The molecule has 0 amide bonds. The molecule has 1 aliphatic heterocycles. The Morgan fingerprint density at radius 1 is 1.16 bits per heavy atom. The summed E-state index contributed by atoms with van der Waals surface area (Å²) in [5.41, 5.74) is 6.64. The highest BCUT2D eigenvalue weighted by atomic mass is 16.5. The van der Waals surface area contributed by atoms with E-state index in [-0.39, 0.29) is 12.1 Å². The summed E-state index contributed by atoms with van der Waals surface area (Å²) >= 11 is 0. The molecule has 3 aromatic rings. The van der Waals surface area contributed by atoms with Crippen LogP contribution in [0.1, 0.15) is 43.3 Å². The predicted molar refractivity (Wildman–Crippen MR) is 119 cm³/mol. The fourth-order valence-corrected chi connectivity index (χ4v) is 3.79. The first kappa shape index (κ1) is 22.3. The van der Waals surface area contributed by atoms with Crippen LogP contribution in [0.2, 0.25) is 0 Å². The van der Waals surface area contributed by atoms with Gasteiger partial charge in [0.2, 0.25) is 0 Å². The Balaban J connectivity index is 0.000000858. The van der Waals surface area contributed by atoms with Gasteiger partial charge in [0.1, 0.15) is 23.5 Å². The van der Waals surface area contributed by atoms with Crippen LogP contribution >= 0.6 is 0 Å². The lowest BCUT2D eigenvalue weighted by Gasteiger charge is -2.24. The lowest BCUT2D eigenvalue weighted by atomic mass is 9.99. The molecule has 1 aromatic carbocycles. The molecule has 1 aliphatic rings. The van der Waals surface area contributed by atoms with Crippen LogP contribution < -0.4 is 9.64 Å². The fraction of sp³-hybridized carbons (Fsp3) is 0.391. The zero-order valence-corrected chi connectivity index (χ0v) is 18.9. The fourth-order valence-electron chi connectivity index (χ4n) is 3.79. The second-order valence-electron chi connectivity index (χ2n) is 8.55. The third-order valence-corrected chi connectivity index (χ3v) is 5.06. The van der Waals surface area contributed by atoms with Crippen LogP contribution in [0.5, 0.6) is 5.75 Å². The van der Waals surface area contributed by atoms with Crippen LogP contribution in [0.4, 0.5) is 5.82 Å². The Morgan fingerprint density at radius 3 is 2.48 bits per heavy atom. The van der Waals surface area contributed by atoms with Crippen molar-refractivity contribution in [3.63, 3.8) is 0 Å². The summed E-state index contributed by atoms with van der Waals surface area (Å²) in [6.07, 6.45) is 3.61. The summed E-state index contributed by atoms with van der Waals surface area (Å²) in [5, 5.41) is 11.2. The lowest BCUT2D eigenvalue weighted by Crippen LogP contribution is -2.23. The molecule has 0 saturated carbocycles. The van der Waals surface area contributed by atoms with E-state index in [0.29, 0.717) is 0 Å². The van der Waals surface area contributed by atoms with E-state index < -0.39 is 0 Å². The molecule has 0 atom stereocenters. The number of carboxylic acid groups (broad SMARTS) is 1. The van der Waals surface area contributed by atoms with Gasteiger partial charge < -0.3 is 14.7 Å². The average molecular weight is 424 g/mol. The van der Waals surface area contributed by atoms with Gasteiger partial charge in [0.25, 0.3) is 6.47 Å². The normalized spacial score (nSPS) is 12.8. The van der Waals surface area contributed by atoms with Crippen LogP contribution in [-0.2, 0) is 24.9 Å². The van der Waals surface area contributed by atoms with E-state index in [4.69, 9.17) is 14.6 Å². The topological polar surface area (TPSA) is 93.4 Å². The van der Waals surface area contributed by atoms with Crippen molar-refractivity contribution in [3.8, 4) is 16.9 Å². The summed E-state index contributed by atoms with van der Waals surface area (Å²) in [6, 6.07) is 6.25. The number of carbonyl (C=O) groups is 1. The van der Waals surface area contributed by atoms with Gasteiger partial charge in [0, 0.05) is 24.7 Å². The van der Waals surface area contributed by atoms with Gasteiger partial charge in [-0.1, -0.05) is 6.07 Å². The van der Waals surface area contributed by atoms with Gasteiger partial charge >= 0.3 is 0 Å². The smallest absolute Gasteiger partial charge is 0.290 e. The van der Waals surface area contributed by atoms with Crippen molar-refractivity contribution < 1.29 is 14.6 Å². The van der Waals surface area contributed by atoms with E-state index >= 15 is 0 Å². The molecule has 8 heteroatoms. The number of aromatic nitrogens is 4. The van der Waals surface area contributed by atoms with Crippen LogP contribution in [0.3, 0.4) is 0 Å². The zero-order valence-electron chi connectivity index (χ0n) is 18.9. The van der Waals surface area contributed by atoms with Gasteiger partial charge in [-0.2, -0.15) is 5.10 Å². The van der Waals surface area contributed by atoms with Crippen LogP contribution in [-0.4, -0.2) is 36.9 Å². The van der Waals surface area contributed by atoms with E-state index in [1.807, 2.05) is 30.9 Å². The molecule has 164 valence electrons. The molecule has 1 N–H and O–H groups in total. The number of hydrogen-bond acceptors (Lipinski definition) is 6. The molecule has 0 spiro atoms. The predicted octanol–water partition coefficient (Wildman–Crippen LogP) is 3.89. The van der Waals surface area contributed by atoms with Crippen LogP contribution in [0, 0.1) is 13.8 Å². The number of nitrogens with zero attached hydrogens (tertiary/aromatic N) is 5. The highest BCUT2D eigenvalue weighted by Crippen LogP contribution is 2.38. The largest absolute Gasteiger partial charge is 0.488 e. The van der Waals surface area contributed by atoms with E-state index in [2.05, 4.69) is 59.8 Å². The number of ether oxygens (including phenoxy) is 1.